The highest BCUT2D eigenvalue weighted by Crippen LogP contribution is 2.21. The summed E-state index contributed by atoms with van der Waals surface area (Å²) in [6, 6.07) is 3.67. The predicted octanol–water partition coefficient (Wildman–Crippen LogP) is 0.848. The summed E-state index contributed by atoms with van der Waals surface area (Å²) in [5.74, 6) is 0.205. The molecule has 2 aromatic rings. The van der Waals surface area contributed by atoms with Gasteiger partial charge in [-0.15, -0.1) is 0 Å². The van der Waals surface area contributed by atoms with E-state index in [4.69, 9.17) is 4.74 Å². The molecule has 2 N–H and O–H groups in total. The second kappa shape index (κ2) is 6.67. The first kappa shape index (κ1) is 14.7. The summed E-state index contributed by atoms with van der Waals surface area (Å²) in [6.45, 7) is 1.91. The Morgan fingerprint density at radius 3 is 2.86 bits per heavy atom. The van der Waals surface area contributed by atoms with Crippen molar-refractivity contribution < 1.29 is 9.53 Å². The largest absolute Gasteiger partial charge is 0.479 e. The first-order valence-corrected chi connectivity index (χ1v) is 6.35. The molecule has 2 heterocycles. The van der Waals surface area contributed by atoms with Crippen LogP contribution in [0.3, 0.4) is 0 Å². The number of nitrogens with one attached hydrogen (secondary N) is 2. The molecule has 0 atom stereocenters. The van der Waals surface area contributed by atoms with Crippen molar-refractivity contribution in [3.05, 3.63) is 42.1 Å². The third-order valence-corrected chi connectivity index (χ3v) is 2.70. The smallest absolute Gasteiger partial charge is 0.258 e. The molecule has 0 aliphatic heterocycles. The Bertz CT molecular complexity index is 663. The second-order valence-electron chi connectivity index (χ2n) is 4.26. The van der Waals surface area contributed by atoms with Crippen LogP contribution in [0.4, 0.5) is 0 Å². The summed E-state index contributed by atoms with van der Waals surface area (Å²) in [7, 11) is 3.17. The third kappa shape index (κ3) is 3.67. The molecule has 0 unspecified atom stereocenters. The van der Waals surface area contributed by atoms with E-state index in [9.17, 15) is 4.79 Å². The molecule has 0 aliphatic carbocycles. The quantitative estimate of drug-likeness (QED) is 0.629. The number of hydrazine groups is 1. The minimum absolute atomic E-state index is 0.257. The first-order valence-electron chi connectivity index (χ1n) is 6.35. The van der Waals surface area contributed by atoms with E-state index in [1.807, 2.05) is 23.8 Å². The topological polar surface area (TPSA) is 81.1 Å². The molecule has 7 heteroatoms. The SMILES string of the molecule is CNNC(=O)/C=C/c1ccc(-n2cnc(C)c2)c(OC)n1. The van der Waals surface area contributed by atoms with Gasteiger partial charge in [-0.1, -0.05) is 0 Å². The van der Waals surface area contributed by atoms with Crippen molar-refractivity contribution in [2.75, 3.05) is 14.2 Å². The number of imidazole rings is 1. The van der Waals surface area contributed by atoms with E-state index in [0.29, 0.717) is 11.6 Å². The van der Waals surface area contributed by atoms with Crippen molar-refractivity contribution in [1.29, 1.82) is 0 Å². The number of nitrogens with zero attached hydrogens (tertiary/aromatic N) is 3. The lowest BCUT2D eigenvalue weighted by Crippen LogP contribution is -2.32. The predicted molar refractivity (Wildman–Crippen MR) is 78.9 cm³/mol. The van der Waals surface area contributed by atoms with Gasteiger partial charge < -0.3 is 9.30 Å². The molecule has 7 nitrogen and oxygen atoms in total. The maximum absolute atomic E-state index is 11.3. The zero-order valence-corrected chi connectivity index (χ0v) is 12.1. The van der Waals surface area contributed by atoms with Gasteiger partial charge in [0.1, 0.15) is 5.69 Å². The number of amides is 1. The van der Waals surface area contributed by atoms with Gasteiger partial charge in [0.15, 0.2) is 0 Å². The Hall–Kier alpha value is -2.67. The molecule has 0 saturated carbocycles. The number of rotatable bonds is 5. The molecule has 0 spiro atoms. The molecule has 2 rings (SSSR count). The average Bonchev–Trinajstić information content (AvgIpc) is 2.91. The fraction of sp³-hybridized carbons (Fsp3) is 0.214. The fourth-order valence-electron chi connectivity index (χ4n) is 1.77. The van der Waals surface area contributed by atoms with Crippen molar-refractivity contribution in [2.45, 2.75) is 6.92 Å². The minimum atomic E-state index is -0.257. The van der Waals surface area contributed by atoms with Crippen LogP contribution in [0.25, 0.3) is 11.8 Å². The Balaban J connectivity index is 2.26. The normalized spacial score (nSPS) is 10.8. The van der Waals surface area contributed by atoms with Crippen LogP contribution in [0.1, 0.15) is 11.4 Å². The van der Waals surface area contributed by atoms with Gasteiger partial charge in [0.05, 0.1) is 24.8 Å². The Morgan fingerprint density at radius 2 is 2.24 bits per heavy atom. The van der Waals surface area contributed by atoms with Gasteiger partial charge in [0, 0.05) is 19.3 Å². The summed E-state index contributed by atoms with van der Waals surface area (Å²) in [4.78, 5) is 19.9. The Labute approximate surface area is 122 Å². The van der Waals surface area contributed by atoms with Gasteiger partial charge in [0.2, 0.25) is 5.88 Å². The lowest BCUT2D eigenvalue weighted by Gasteiger charge is -2.08. The van der Waals surface area contributed by atoms with Crippen molar-refractivity contribution in [3.63, 3.8) is 0 Å². The highest BCUT2D eigenvalue weighted by atomic mass is 16.5. The van der Waals surface area contributed by atoms with Crippen LogP contribution < -0.4 is 15.6 Å². The zero-order valence-electron chi connectivity index (χ0n) is 12.1. The van der Waals surface area contributed by atoms with Gasteiger partial charge in [-0.3, -0.25) is 10.2 Å². The lowest BCUT2D eigenvalue weighted by atomic mass is 10.3. The lowest BCUT2D eigenvalue weighted by molar-refractivity contribution is -0.117. The van der Waals surface area contributed by atoms with E-state index in [2.05, 4.69) is 20.8 Å². The molecule has 110 valence electrons. The van der Waals surface area contributed by atoms with Gasteiger partial charge in [-0.25, -0.2) is 15.4 Å². The Kier molecular flexibility index (Phi) is 4.68. The minimum Gasteiger partial charge on any atom is -0.479 e. The summed E-state index contributed by atoms with van der Waals surface area (Å²) < 4.78 is 7.13. The molecule has 0 radical (unpaired) electrons. The third-order valence-electron chi connectivity index (χ3n) is 2.70. The van der Waals surface area contributed by atoms with E-state index in [1.54, 1.807) is 32.6 Å². The van der Waals surface area contributed by atoms with E-state index in [-0.39, 0.29) is 5.91 Å². The number of pyridine rings is 1. The first-order chi connectivity index (χ1) is 10.1. The molecular weight excluding hydrogens is 270 g/mol. The van der Waals surface area contributed by atoms with Crippen LogP contribution in [0.15, 0.2) is 30.7 Å². The molecule has 0 bridgehead atoms. The summed E-state index contributed by atoms with van der Waals surface area (Å²) in [5, 5.41) is 0. The van der Waals surface area contributed by atoms with Crippen molar-refractivity contribution in [3.8, 4) is 11.6 Å². The average molecular weight is 287 g/mol. The van der Waals surface area contributed by atoms with Gasteiger partial charge in [-0.2, -0.15) is 0 Å². The molecule has 2 aromatic heterocycles. The number of hydrogen-bond acceptors (Lipinski definition) is 5. The summed E-state index contributed by atoms with van der Waals surface area (Å²) in [6.07, 6.45) is 6.58. The number of carbonyl (C=O) groups is 1. The van der Waals surface area contributed by atoms with Crippen LogP contribution in [-0.2, 0) is 4.79 Å². The summed E-state index contributed by atoms with van der Waals surface area (Å²) >= 11 is 0. The fourth-order valence-corrected chi connectivity index (χ4v) is 1.77. The molecule has 0 aliphatic rings. The molecule has 1 amide bonds. The number of carbonyl (C=O) groups excluding carboxylic acids is 1. The number of methoxy groups -OCH3 is 1. The van der Waals surface area contributed by atoms with Gasteiger partial charge in [-0.05, 0) is 25.1 Å². The standard InChI is InChI=1S/C14H17N5O2/c1-10-8-19(9-16-10)12-6-4-11(17-14(12)21-3)5-7-13(20)18-15-2/h4-9,15H,1-3H3,(H,18,20)/b7-5+. The zero-order chi connectivity index (χ0) is 15.2. The Morgan fingerprint density at radius 1 is 1.43 bits per heavy atom. The van der Waals surface area contributed by atoms with Gasteiger partial charge >= 0.3 is 0 Å². The molecule has 0 aromatic carbocycles. The van der Waals surface area contributed by atoms with Crippen LogP contribution in [0, 0.1) is 6.92 Å². The van der Waals surface area contributed by atoms with Crippen molar-refractivity contribution >= 4 is 12.0 Å². The van der Waals surface area contributed by atoms with E-state index < -0.39 is 0 Å². The highest BCUT2D eigenvalue weighted by molar-refractivity contribution is 5.91. The summed E-state index contributed by atoms with van der Waals surface area (Å²) in [5.41, 5.74) is 7.31. The van der Waals surface area contributed by atoms with E-state index in [1.165, 1.54) is 6.08 Å². The van der Waals surface area contributed by atoms with Gasteiger partial charge in [0.25, 0.3) is 5.91 Å². The van der Waals surface area contributed by atoms with E-state index >= 15 is 0 Å². The number of ether oxygens (including phenoxy) is 1. The van der Waals surface area contributed by atoms with Crippen LogP contribution in [0.5, 0.6) is 5.88 Å². The maximum Gasteiger partial charge on any atom is 0.258 e. The van der Waals surface area contributed by atoms with Crippen LogP contribution >= 0.6 is 0 Å². The number of hydrogen-bond donors (Lipinski definition) is 2. The monoisotopic (exact) mass is 287 g/mol. The van der Waals surface area contributed by atoms with Crippen molar-refractivity contribution in [2.24, 2.45) is 0 Å². The number of aryl methyl sites for hydroxylation is 1. The number of aromatic nitrogens is 3. The van der Waals surface area contributed by atoms with Crippen LogP contribution in [0.2, 0.25) is 0 Å². The second-order valence-corrected chi connectivity index (χ2v) is 4.26. The highest BCUT2D eigenvalue weighted by Gasteiger charge is 2.08. The maximum atomic E-state index is 11.3. The molecule has 0 saturated heterocycles. The molecular formula is C14H17N5O2. The van der Waals surface area contributed by atoms with E-state index in [0.717, 1.165) is 11.4 Å². The van der Waals surface area contributed by atoms with Crippen LogP contribution in [-0.4, -0.2) is 34.6 Å². The van der Waals surface area contributed by atoms with Crippen molar-refractivity contribution in [1.82, 2.24) is 25.4 Å². The molecule has 21 heavy (non-hydrogen) atoms. The molecule has 0 fully saturated rings.